The van der Waals surface area contributed by atoms with Gasteiger partial charge in [0.2, 0.25) is 0 Å². The van der Waals surface area contributed by atoms with Crippen LogP contribution in [0.1, 0.15) is 41.6 Å². The van der Waals surface area contributed by atoms with Gasteiger partial charge in [-0.05, 0) is 37.8 Å². The predicted octanol–water partition coefficient (Wildman–Crippen LogP) is 2.08. The Kier molecular flexibility index (Phi) is 4.73. The molecule has 0 radical (unpaired) electrons. The Balaban J connectivity index is 1.87. The first-order valence-electron chi connectivity index (χ1n) is 8.73. The molecule has 1 saturated carbocycles. The lowest BCUT2D eigenvalue weighted by Crippen LogP contribution is -2.57. The van der Waals surface area contributed by atoms with Gasteiger partial charge in [-0.1, -0.05) is 18.9 Å². The van der Waals surface area contributed by atoms with Crippen molar-refractivity contribution in [2.75, 3.05) is 20.2 Å². The highest BCUT2D eigenvalue weighted by molar-refractivity contribution is 5.96. The van der Waals surface area contributed by atoms with Gasteiger partial charge in [-0.15, -0.1) is 0 Å². The van der Waals surface area contributed by atoms with Crippen molar-refractivity contribution in [3.05, 3.63) is 29.3 Å². The number of methoxy groups -OCH3 is 1. The number of hydrogen-bond donors (Lipinski definition) is 2. The van der Waals surface area contributed by atoms with E-state index in [1.54, 1.807) is 30.2 Å². The van der Waals surface area contributed by atoms with E-state index in [4.69, 9.17) is 4.74 Å². The number of aliphatic hydroxyl groups is 1. The van der Waals surface area contributed by atoms with Crippen molar-refractivity contribution < 1.29 is 24.5 Å². The summed E-state index contributed by atoms with van der Waals surface area (Å²) in [6.45, 7) is 2.23. The number of hydrogen-bond acceptors (Lipinski definition) is 4. The van der Waals surface area contributed by atoms with E-state index in [9.17, 15) is 19.8 Å². The number of carbonyl (C=O) groups is 2. The maximum Gasteiger partial charge on any atom is 0.314 e. The number of rotatable bonds is 5. The summed E-state index contributed by atoms with van der Waals surface area (Å²) in [5.74, 6) is -0.235. The molecule has 1 aliphatic carbocycles. The average Bonchev–Trinajstić information content (AvgIpc) is 3.40. The van der Waals surface area contributed by atoms with Crippen LogP contribution < -0.4 is 4.74 Å². The number of aliphatic carboxylic acids is 1. The number of carboxylic acids is 1. The summed E-state index contributed by atoms with van der Waals surface area (Å²) in [5.41, 5.74) is -0.00679. The van der Waals surface area contributed by atoms with E-state index < -0.39 is 17.5 Å². The summed E-state index contributed by atoms with van der Waals surface area (Å²) < 4.78 is 5.28. The monoisotopic (exact) mass is 347 g/mol. The number of likely N-dealkylation sites (tertiary alicyclic amines) is 1. The first kappa shape index (κ1) is 17.7. The SMILES string of the molecule is COc1cccc(C(=O)N2CC[C@H](O)[C@](CC3CC3)(C(=O)O)C2)c1C. The number of aliphatic hydroxyl groups excluding tert-OH is 1. The minimum absolute atomic E-state index is 0.0511. The van der Waals surface area contributed by atoms with Crippen molar-refractivity contribution in [3.63, 3.8) is 0 Å². The first-order valence-corrected chi connectivity index (χ1v) is 8.73. The van der Waals surface area contributed by atoms with Crippen molar-refractivity contribution in [1.82, 2.24) is 4.90 Å². The minimum atomic E-state index is -1.26. The summed E-state index contributed by atoms with van der Waals surface area (Å²) in [6.07, 6.45) is 1.81. The van der Waals surface area contributed by atoms with Crippen LogP contribution in [0, 0.1) is 18.3 Å². The molecule has 1 heterocycles. The van der Waals surface area contributed by atoms with E-state index in [-0.39, 0.29) is 18.9 Å². The molecule has 0 spiro atoms. The standard InChI is InChI=1S/C19H25NO5/c1-12-14(4-3-5-15(12)25-2)17(22)20-9-8-16(21)19(11-20,18(23)24)10-13-6-7-13/h3-5,13,16,21H,6-11H2,1-2H3,(H,23,24)/t16-,19+/m0/s1. The molecule has 6 heteroatoms. The molecule has 2 aliphatic rings. The first-order chi connectivity index (χ1) is 11.9. The Morgan fingerprint density at radius 3 is 2.64 bits per heavy atom. The van der Waals surface area contributed by atoms with E-state index in [1.807, 2.05) is 6.92 Å². The molecule has 1 saturated heterocycles. The number of carbonyl (C=O) groups excluding carboxylic acids is 1. The molecule has 1 aromatic carbocycles. The molecule has 1 aliphatic heterocycles. The largest absolute Gasteiger partial charge is 0.496 e. The zero-order chi connectivity index (χ0) is 18.2. The molecule has 2 atom stereocenters. The third kappa shape index (κ3) is 3.23. The summed E-state index contributed by atoms with van der Waals surface area (Å²) in [5, 5.41) is 20.3. The van der Waals surface area contributed by atoms with Crippen LogP contribution in [0.15, 0.2) is 18.2 Å². The molecule has 6 nitrogen and oxygen atoms in total. The molecule has 2 N–H and O–H groups in total. The Bertz CT molecular complexity index is 684. The van der Waals surface area contributed by atoms with Crippen molar-refractivity contribution in [2.45, 2.75) is 38.7 Å². The van der Waals surface area contributed by atoms with E-state index in [1.165, 1.54) is 0 Å². The van der Waals surface area contributed by atoms with Crippen molar-refractivity contribution in [3.8, 4) is 5.75 Å². The van der Waals surface area contributed by atoms with Gasteiger partial charge in [0.25, 0.3) is 5.91 Å². The van der Waals surface area contributed by atoms with E-state index in [0.29, 0.717) is 30.2 Å². The highest BCUT2D eigenvalue weighted by Crippen LogP contribution is 2.45. The second-order valence-electron chi connectivity index (χ2n) is 7.27. The van der Waals surface area contributed by atoms with Crippen LogP contribution in [-0.2, 0) is 4.79 Å². The van der Waals surface area contributed by atoms with Gasteiger partial charge in [0.05, 0.1) is 13.2 Å². The number of benzene rings is 1. The van der Waals surface area contributed by atoms with Gasteiger partial charge >= 0.3 is 5.97 Å². The summed E-state index contributed by atoms with van der Waals surface area (Å²) in [7, 11) is 1.55. The summed E-state index contributed by atoms with van der Waals surface area (Å²) >= 11 is 0. The molecule has 0 bridgehead atoms. The molecular weight excluding hydrogens is 322 g/mol. The predicted molar refractivity (Wildman–Crippen MR) is 91.7 cm³/mol. The van der Waals surface area contributed by atoms with Crippen LogP contribution in [0.4, 0.5) is 0 Å². The van der Waals surface area contributed by atoms with Gasteiger partial charge in [-0.3, -0.25) is 9.59 Å². The van der Waals surface area contributed by atoms with Gasteiger partial charge in [0.15, 0.2) is 0 Å². The zero-order valence-electron chi connectivity index (χ0n) is 14.7. The number of nitrogens with zero attached hydrogens (tertiary/aromatic N) is 1. The maximum absolute atomic E-state index is 13.0. The van der Waals surface area contributed by atoms with Gasteiger partial charge in [-0.25, -0.2) is 0 Å². The van der Waals surface area contributed by atoms with E-state index in [0.717, 1.165) is 18.4 Å². The van der Waals surface area contributed by atoms with Gasteiger partial charge in [0, 0.05) is 24.2 Å². The fraction of sp³-hybridized carbons (Fsp3) is 0.579. The third-order valence-corrected chi connectivity index (χ3v) is 5.58. The fourth-order valence-corrected chi connectivity index (χ4v) is 3.83. The summed E-state index contributed by atoms with van der Waals surface area (Å²) in [4.78, 5) is 26.6. The number of amides is 1. The van der Waals surface area contributed by atoms with Crippen molar-refractivity contribution in [1.29, 1.82) is 0 Å². The Morgan fingerprint density at radius 2 is 2.04 bits per heavy atom. The molecule has 0 unspecified atom stereocenters. The van der Waals surface area contributed by atoms with Crippen LogP contribution in [0.2, 0.25) is 0 Å². The van der Waals surface area contributed by atoms with Gasteiger partial charge in [-0.2, -0.15) is 0 Å². The van der Waals surface area contributed by atoms with Crippen molar-refractivity contribution >= 4 is 11.9 Å². The fourth-order valence-electron chi connectivity index (χ4n) is 3.83. The smallest absolute Gasteiger partial charge is 0.314 e. The minimum Gasteiger partial charge on any atom is -0.496 e. The lowest BCUT2D eigenvalue weighted by atomic mass is 9.73. The molecule has 1 aromatic rings. The van der Waals surface area contributed by atoms with Crippen LogP contribution in [0.3, 0.4) is 0 Å². The molecular formula is C19H25NO5. The Morgan fingerprint density at radius 1 is 1.32 bits per heavy atom. The maximum atomic E-state index is 13.0. The van der Waals surface area contributed by atoms with E-state index >= 15 is 0 Å². The number of carboxylic acid groups (broad SMARTS) is 1. The lowest BCUT2D eigenvalue weighted by molar-refractivity contribution is -0.163. The van der Waals surface area contributed by atoms with Gasteiger partial charge < -0.3 is 19.8 Å². The zero-order valence-corrected chi connectivity index (χ0v) is 14.7. The second kappa shape index (κ2) is 6.67. The Hall–Kier alpha value is -2.08. The van der Waals surface area contributed by atoms with Gasteiger partial charge in [0.1, 0.15) is 11.2 Å². The molecule has 3 rings (SSSR count). The lowest BCUT2D eigenvalue weighted by Gasteiger charge is -2.43. The Labute approximate surface area is 147 Å². The van der Waals surface area contributed by atoms with Crippen LogP contribution in [0.25, 0.3) is 0 Å². The topological polar surface area (TPSA) is 87.1 Å². The second-order valence-corrected chi connectivity index (χ2v) is 7.27. The summed E-state index contributed by atoms with van der Waals surface area (Å²) in [6, 6.07) is 5.28. The highest BCUT2D eigenvalue weighted by Gasteiger charge is 2.52. The van der Waals surface area contributed by atoms with Crippen LogP contribution in [-0.4, -0.2) is 53.3 Å². The molecule has 1 amide bonds. The highest BCUT2D eigenvalue weighted by atomic mass is 16.5. The van der Waals surface area contributed by atoms with E-state index in [2.05, 4.69) is 0 Å². The normalized spacial score (nSPS) is 26.4. The third-order valence-electron chi connectivity index (χ3n) is 5.58. The quantitative estimate of drug-likeness (QED) is 0.851. The van der Waals surface area contributed by atoms with Crippen LogP contribution in [0.5, 0.6) is 5.75 Å². The molecule has 0 aromatic heterocycles. The molecule has 25 heavy (non-hydrogen) atoms. The number of piperidine rings is 1. The molecule has 136 valence electrons. The van der Waals surface area contributed by atoms with Crippen LogP contribution >= 0.6 is 0 Å². The number of ether oxygens (including phenoxy) is 1. The molecule has 2 fully saturated rings. The van der Waals surface area contributed by atoms with Crippen molar-refractivity contribution in [2.24, 2.45) is 11.3 Å². The average molecular weight is 347 g/mol.